The fourth-order valence-corrected chi connectivity index (χ4v) is 2.34. The third kappa shape index (κ3) is 2.79. The lowest BCUT2D eigenvalue weighted by Gasteiger charge is -2.42. The number of benzene rings is 1. The molecule has 0 atom stereocenters. The number of hydrogen-bond donors (Lipinski definition) is 2. The van der Waals surface area contributed by atoms with Gasteiger partial charge in [0, 0.05) is 5.56 Å². The summed E-state index contributed by atoms with van der Waals surface area (Å²) in [5, 5.41) is 11.0. The molecule has 2 N–H and O–H groups in total. The molecule has 0 saturated heterocycles. The molecule has 0 spiro atoms. The van der Waals surface area contributed by atoms with E-state index in [-0.39, 0.29) is 6.42 Å². The van der Waals surface area contributed by atoms with Crippen molar-refractivity contribution >= 4 is 11.9 Å². The van der Waals surface area contributed by atoms with Crippen molar-refractivity contribution in [3.05, 3.63) is 35.9 Å². The van der Waals surface area contributed by atoms with Gasteiger partial charge in [-0.2, -0.15) is 8.78 Å². The van der Waals surface area contributed by atoms with Crippen molar-refractivity contribution in [1.82, 2.24) is 5.32 Å². The highest BCUT2D eigenvalue weighted by Crippen LogP contribution is 2.37. The van der Waals surface area contributed by atoms with E-state index in [2.05, 4.69) is 5.32 Å². The average molecular weight is 283 g/mol. The van der Waals surface area contributed by atoms with Crippen LogP contribution in [-0.2, 0) is 15.5 Å². The SMILES string of the molecule is O=C(O)CC1(NC(=O)C(F)(F)c2ccccc2)CCC1. The molecule has 1 saturated carbocycles. The van der Waals surface area contributed by atoms with Crippen LogP contribution in [0.3, 0.4) is 0 Å². The number of carbonyl (C=O) groups excluding carboxylic acids is 1. The van der Waals surface area contributed by atoms with Crippen LogP contribution in [0.1, 0.15) is 31.2 Å². The van der Waals surface area contributed by atoms with Crippen molar-refractivity contribution in [2.24, 2.45) is 0 Å². The van der Waals surface area contributed by atoms with E-state index in [0.29, 0.717) is 12.8 Å². The number of halogens is 2. The van der Waals surface area contributed by atoms with Gasteiger partial charge in [0.15, 0.2) is 0 Å². The maximum atomic E-state index is 14.0. The van der Waals surface area contributed by atoms with Gasteiger partial charge >= 0.3 is 11.9 Å². The van der Waals surface area contributed by atoms with Crippen molar-refractivity contribution in [1.29, 1.82) is 0 Å². The standard InChI is InChI=1S/C14H15F2NO3/c15-14(16,10-5-2-1-3-6-10)12(20)17-13(7-4-8-13)9-11(18)19/h1-3,5-6H,4,7-9H2,(H,17,20)(H,18,19). The number of aliphatic carboxylic acids is 1. The molecule has 108 valence electrons. The van der Waals surface area contributed by atoms with Gasteiger partial charge in [-0.3, -0.25) is 9.59 Å². The van der Waals surface area contributed by atoms with Crippen molar-refractivity contribution in [3.63, 3.8) is 0 Å². The monoisotopic (exact) mass is 283 g/mol. The van der Waals surface area contributed by atoms with Gasteiger partial charge in [0.2, 0.25) is 0 Å². The second-order valence-corrected chi connectivity index (χ2v) is 5.10. The number of amides is 1. The summed E-state index contributed by atoms with van der Waals surface area (Å²) in [5.74, 6) is -6.21. The Morgan fingerprint density at radius 3 is 2.30 bits per heavy atom. The Labute approximate surface area is 114 Å². The summed E-state index contributed by atoms with van der Waals surface area (Å²) in [7, 11) is 0. The van der Waals surface area contributed by atoms with E-state index in [1.807, 2.05) is 0 Å². The number of hydrogen-bond acceptors (Lipinski definition) is 2. The third-order valence-electron chi connectivity index (χ3n) is 3.60. The normalized spacial score (nSPS) is 17.1. The molecule has 1 amide bonds. The summed E-state index contributed by atoms with van der Waals surface area (Å²) in [6.07, 6.45) is 1.22. The van der Waals surface area contributed by atoms with E-state index < -0.39 is 28.9 Å². The fourth-order valence-electron chi connectivity index (χ4n) is 2.34. The van der Waals surface area contributed by atoms with E-state index in [9.17, 15) is 18.4 Å². The molecule has 6 heteroatoms. The quantitative estimate of drug-likeness (QED) is 0.871. The smallest absolute Gasteiger partial charge is 0.349 e. The van der Waals surface area contributed by atoms with Crippen LogP contribution in [0.5, 0.6) is 0 Å². The molecule has 0 aromatic heterocycles. The summed E-state index contributed by atoms with van der Waals surface area (Å²) < 4.78 is 28.0. The van der Waals surface area contributed by atoms with Gasteiger partial charge < -0.3 is 10.4 Å². The van der Waals surface area contributed by atoms with E-state index in [4.69, 9.17) is 5.11 Å². The first-order chi connectivity index (χ1) is 9.36. The topological polar surface area (TPSA) is 66.4 Å². The molecule has 1 aromatic carbocycles. The zero-order chi connectivity index (χ0) is 14.8. The first kappa shape index (κ1) is 14.4. The maximum absolute atomic E-state index is 14.0. The second kappa shape index (κ2) is 5.19. The average Bonchev–Trinajstić information content (AvgIpc) is 2.36. The summed E-state index contributed by atoms with van der Waals surface area (Å²) in [5.41, 5.74) is -1.43. The highest BCUT2D eigenvalue weighted by Gasteiger charge is 2.47. The van der Waals surface area contributed by atoms with Gasteiger partial charge in [0.1, 0.15) is 0 Å². The summed E-state index contributed by atoms with van der Waals surface area (Å²) in [6, 6.07) is 6.77. The molecular formula is C14H15F2NO3. The highest BCUT2D eigenvalue weighted by molar-refractivity contribution is 5.86. The van der Waals surface area contributed by atoms with E-state index in [1.165, 1.54) is 24.3 Å². The summed E-state index contributed by atoms with van der Waals surface area (Å²) in [4.78, 5) is 22.6. The Morgan fingerprint density at radius 2 is 1.85 bits per heavy atom. The molecule has 4 nitrogen and oxygen atoms in total. The van der Waals surface area contributed by atoms with Gasteiger partial charge in [0.05, 0.1) is 12.0 Å². The summed E-state index contributed by atoms with van der Waals surface area (Å²) in [6.45, 7) is 0. The molecule has 1 aliphatic carbocycles. The number of alkyl halides is 2. The lowest BCUT2D eigenvalue weighted by Crippen LogP contribution is -2.57. The molecular weight excluding hydrogens is 268 g/mol. The Kier molecular flexibility index (Phi) is 3.74. The molecule has 0 aliphatic heterocycles. The van der Waals surface area contributed by atoms with Crippen LogP contribution in [0.15, 0.2) is 30.3 Å². The number of carboxylic acid groups (broad SMARTS) is 1. The predicted molar refractivity (Wildman–Crippen MR) is 67.3 cm³/mol. The van der Waals surface area contributed by atoms with E-state index in [0.717, 1.165) is 6.42 Å². The van der Waals surface area contributed by atoms with Crippen molar-refractivity contribution < 1.29 is 23.5 Å². The molecule has 1 fully saturated rings. The Bertz CT molecular complexity index is 512. The fraction of sp³-hybridized carbons (Fsp3) is 0.429. The van der Waals surface area contributed by atoms with Gasteiger partial charge in [-0.15, -0.1) is 0 Å². The molecule has 1 aromatic rings. The van der Waals surface area contributed by atoms with Gasteiger partial charge in [-0.1, -0.05) is 30.3 Å². The minimum absolute atomic E-state index is 0.330. The van der Waals surface area contributed by atoms with Crippen LogP contribution in [0, 0.1) is 0 Å². The van der Waals surface area contributed by atoms with Crippen LogP contribution in [0.25, 0.3) is 0 Å². The minimum Gasteiger partial charge on any atom is -0.481 e. The lowest BCUT2D eigenvalue weighted by molar-refractivity contribution is -0.152. The number of carboxylic acids is 1. The molecule has 0 heterocycles. The predicted octanol–water partition coefficient (Wildman–Crippen LogP) is 2.29. The largest absolute Gasteiger partial charge is 0.481 e. The van der Waals surface area contributed by atoms with Crippen LogP contribution in [-0.4, -0.2) is 22.5 Å². The van der Waals surface area contributed by atoms with Crippen LogP contribution >= 0.6 is 0 Å². The van der Waals surface area contributed by atoms with Crippen LogP contribution in [0.2, 0.25) is 0 Å². The van der Waals surface area contributed by atoms with Crippen molar-refractivity contribution in [2.75, 3.05) is 0 Å². The molecule has 0 bridgehead atoms. The maximum Gasteiger partial charge on any atom is 0.349 e. The molecule has 2 rings (SSSR count). The van der Waals surface area contributed by atoms with Crippen molar-refractivity contribution in [3.8, 4) is 0 Å². The van der Waals surface area contributed by atoms with Crippen molar-refractivity contribution in [2.45, 2.75) is 37.1 Å². The minimum atomic E-state index is -3.66. The van der Waals surface area contributed by atoms with E-state index in [1.54, 1.807) is 6.07 Å². The van der Waals surface area contributed by atoms with E-state index >= 15 is 0 Å². The zero-order valence-corrected chi connectivity index (χ0v) is 10.7. The molecule has 0 radical (unpaired) electrons. The van der Waals surface area contributed by atoms with Crippen LogP contribution < -0.4 is 5.32 Å². The Hall–Kier alpha value is -1.98. The zero-order valence-electron chi connectivity index (χ0n) is 10.7. The Balaban J connectivity index is 2.13. The lowest BCUT2D eigenvalue weighted by atomic mass is 9.74. The number of carbonyl (C=O) groups is 2. The molecule has 0 unspecified atom stereocenters. The third-order valence-corrected chi connectivity index (χ3v) is 3.60. The van der Waals surface area contributed by atoms with Gasteiger partial charge in [-0.05, 0) is 19.3 Å². The first-order valence-electron chi connectivity index (χ1n) is 6.33. The number of nitrogens with one attached hydrogen (secondary N) is 1. The van der Waals surface area contributed by atoms with Gasteiger partial charge in [0.25, 0.3) is 5.91 Å². The molecule has 20 heavy (non-hydrogen) atoms. The second-order valence-electron chi connectivity index (χ2n) is 5.10. The summed E-state index contributed by atoms with van der Waals surface area (Å²) >= 11 is 0. The number of rotatable bonds is 5. The van der Waals surface area contributed by atoms with Gasteiger partial charge in [-0.25, -0.2) is 0 Å². The highest BCUT2D eigenvalue weighted by atomic mass is 19.3. The Morgan fingerprint density at radius 1 is 1.25 bits per heavy atom. The molecule has 1 aliphatic rings. The first-order valence-corrected chi connectivity index (χ1v) is 6.33. The van der Waals surface area contributed by atoms with Crippen LogP contribution in [0.4, 0.5) is 8.78 Å².